The highest BCUT2D eigenvalue weighted by Crippen LogP contribution is 2.42. The fourth-order valence-corrected chi connectivity index (χ4v) is 4.60. The number of carbonyl (C=O) groups is 2. The number of carboxylic acids is 1. The highest BCUT2D eigenvalue weighted by molar-refractivity contribution is 7.88. The van der Waals surface area contributed by atoms with Crippen LogP contribution in [-0.4, -0.2) is 71.7 Å². The van der Waals surface area contributed by atoms with Crippen LogP contribution in [0, 0.1) is 5.41 Å². The lowest BCUT2D eigenvalue weighted by molar-refractivity contribution is -0.192. The summed E-state index contributed by atoms with van der Waals surface area (Å²) in [7, 11) is -3.17. The highest BCUT2D eigenvalue weighted by atomic mass is 32.2. The van der Waals surface area contributed by atoms with Gasteiger partial charge in [0.25, 0.3) is 0 Å². The first kappa shape index (κ1) is 24.1. The largest absolute Gasteiger partial charge is 0.490 e. The minimum atomic E-state index is -5.08. The second kappa shape index (κ2) is 9.29. The number of carbonyl (C=O) groups excluding carboxylic acids is 1. The molecule has 2 aliphatic rings. The molecular formula is C18H24F3N3O5S. The Morgan fingerprint density at radius 1 is 1.23 bits per heavy atom. The Hall–Kier alpha value is -2.21. The van der Waals surface area contributed by atoms with Gasteiger partial charge in [-0.1, -0.05) is 6.07 Å². The van der Waals surface area contributed by atoms with Crippen LogP contribution >= 0.6 is 0 Å². The van der Waals surface area contributed by atoms with E-state index < -0.39 is 22.2 Å². The number of hydrogen-bond acceptors (Lipinski definition) is 5. The average molecular weight is 451 g/mol. The summed E-state index contributed by atoms with van der Waals surface area (Å²) in [5.74, 6) is -2.58. The number of likely N-dealkylation sites (tertiary alicyclic amines) is 1. The number of aliphatic carboxylic acids is 1. The lowest BCUT2D eigenvalue weighted by Crippen LogP contribution is -2.36. The third-order valence-electron chi connectivity index (χ3n) is 5.31. The molecule has 1 spiro atoms. The lowest BCUT2D eigenvalue weighted by Gasteiger charge is -2.26. The maximum absolute atomic E-state index is 12.9. The van der Waals surface area contributed by atoms with E-state index in [2.05, 4.69) is 4.98 Å². The van der Waals surface area contributed by atoms with E-state index in [4.69, 9.17) is 9.90 Å². The fourth-order valence-electron chi connectivity index (χ4n) is 3.72. The van der Waals surface area contributed by atoms with Gasteiger partial charge in [-0.3, -0.25) is 9.78 Å². The molecule has 1 atom stereocenters. The third-order valence-corrected chi connectivity index (χ3v) is 6.61. The van der Waals surface area contributed by atoms with Crippen molar-refractivity contribution in [3.8, 4) is 0 Å². The topological polar surface area (TPSA) is 108 Å². The van der Waals surface area contributed by atoms with Crippen LogP contribution in [0.2, 0.25) is 0 Å². The summed E-state index contributed by atoms with van der Waals surface area (Å²) in [5, 5.41) is 7.12. The van der Waals surface area contributed by atoms with Crippen LogP contribution in [0.5, 0.6) is 0 Å². The maximum Gasteiger partial charge on any atom is 0.490 e. The van der Waals surface area contributed by atoms with Crippen molar-refractivity contribution in [2.24, 2.45) is 5.41 Å². The van der Waals surface area contributed by atoms with Crippen molar-refractivity contribution in [1.29, 1.82) is 0 Å². The zero-order valence-corrected chi connectivity index (χ0v) is 17.2. The Morgan fingerprint density at radius 2 is 1.87 bits per heavy atom. The van der Waals surface area contributed by atoms with Crippen LogP contribution in [0.3, 0.4) is 0 Å². The predicted molar refractivity (Wildman–Crippen MR) is 101 cm³/mol. The van der Waals surface area contributed by atoms with Gasteiger partial charge in [-0.15, -0.1) is 0 Å². The van der Waals surface area contributed by atoms with Crippen LogP contribution < -0.4 is 0 Å². The van der Waals surface area contributed by atoms with Gasteiger partial charge in [-0.25, -0.2) is 17.5 Å². The van der Waals surface area contributed by atoms with E-state index in [9.17, 15) is 26.4 Å². The van der Waals surface area contributed by atoms with Crippen LogP contribution in [0.25, 0.3) is 0 Å². The molecule has 3 rings (SSSR count). The van der Waals surface area contributed by atoms with Gasteiger partial charge in [0, 0.05) is 38.6 Å². The molecular weight excluding hydrogens is 427 g/mol. The van der Waals surface area contributed by atoms with Gasteiger partial charge < -0.3 is 10.0 Å². The molecule has 3 heterocycles. The van der Waals surface area contributed by atoms with Crippen molar-refractivity contribution in [2.45, 2.75) is 38.4 Å². The predicted octanol–water partition coefficient (Wildman–Crippen LogP) is 1.88. The molecule has 1 unspecified atom stereocenters. The zero-order valence-electron chi connectivity index (χ0n) is 16.4. The van der Waals surface area contributed by atoms with E-state index in [1.54, 1.807) is 12.4 Å². The van der Waals surface area contributed by atoms with Gasteiger partial charge in [-0.05, 0) is 37.3 Å². The van der Waals surface area contributed by atoms with Crippen LogP contribution in [0.4, 0.5) is 13.2 Å². The molecule has 30 heavy (non-hydrogen) atoms. The van der Waals surface area contributed by atoms with E-state index in [0.717, 1.165) is 31.4 Å². The van der Waals surface area contributed by atoms with Crippen LogP contribution in [0.15, 0.2) is 24.5 Å². The van der Waals surface area contributed by atoms with E-state index >= 15 is 0 Å². The maximum atomic E-state index is 12.9. The van der Waals surface area contributed by atoms with Gasteiger partial charge in [0.05, 0.1) is 11.7 Å². The summed E-state index contributed by atoms with van der Waals surface area (Å²) in [6, 6.07) is 3.85. The number of rotatable bonds is 3. The third kappa shape index (κ3) is 6.14. The minimum Gasteiger partial charge on any atom is -0.475 e. The molecule has 1 N–H and O–H groups in total. The molecule has 1 aromatic rings. The van der Waals surface area contributed by atoms with E-state index in [-0.39, 0.29) is 11.3 Å². The fraction of sp³-hybridized carbons (Fsp3) is 0.611. The molecule has 1 amide bonds. The Bertz CT molecular complexity index is 864. The number of pyridine rings is 1. The van der Waals surface area contributed by atoms with Crippen molar-refractivity contribution in [1.82, 2.24) is 14.2 Å². The normalized spacial score (nSPS) is 23.1. The number of nitrogens with zero attached hydrogens (tertiary/aromatic N) is 3. The molecule has 0 radical (unpaired) electrons. The zero-order chi connectivity index (χ0) is 22.6. The molecule has 8 nitrogen and oxygen atoms in total. The molecule has 0 saturated carbocycles. The number of amides is 1. The Labute approximate surface area is 172 Å². The highest BCUT2D eigenvalue weighted by Gasteiger charge is 2.47. The van der Waals surface area contributed by atoms with Crippen molar-refractivity contribution in [2.75, 3.05) is 25.9 Å². The summed E-state index contributed by atoms with van der Waals surface area (Å²) in [6.45, 7) is 2.30. The molecule has 168 valence electrons. The molecule has 2 aliphatic heterocycles. The number of alkyl halides is 3. The quantitative estimate of drug-likeness (QED) is 0.752. The van der Waals surface area contributed by atoms with Crippen LogP contribution in [-0.2, 0) is 26.2 Å². The van der Waals surface area contributed by atoms with E-state index in [1.807, 2.05) is 17.0 Å². The van der Waals surface area contributed by atoms with E-state index in [1.165, 1.54) is 10.6 Å². The number of sulfonamides is 1. The Morgan fingerprint density at radius 3 is 2.40 bits per heavy atom. The Balaban J connectivity index is 0.000000396. The second-order valence-corrected chi connectivity index (χ2v) is 9.42. The first-order valence-corrected chi connectivity index (χ1v) is 11.1. The SMILES string of the molecule is CS(=O)(=O)N1CCCC2(CCN(Cc3cccnc3)C2=O)CC1.O=C(O)C(F)(F)F. The van der Waals surface area contributed by atoms with Gasteiger partial charge in [0.1, 0.15) is 0 Å². The molecule has 0 bridgehead atoms. The molecule has 12 heteroatoms. The first-order chi connectivity index (χ1) is 13.8. The minimum absolute atomic E-state index is 0.178. The molecule has 0 aromatic carbocycles. The standard InChI is InChI=1S/C16H23N3O3S.C2HF3O2/c1-23(21,22)19-9-3-5-16(7-11-19)6-10-18(15(16)20)13-14-4-2-8-17-12-14;3-2(4,5)1(6)7/h2,4,8,12H,3,5-7,9-11,13H2,1H3;(H,6,7). The van der Waals surface area contributed by atoms with Crippen molar-refractivity contribution in [3.63, 3.8) is 0 Å². The first-order valence-electron chi connectivity index (χ1n) is 9.29. The molecule has 1 aromatic heterocycles. The summed E-state index contributed by atoms with van der Waals surface area (Å²) >= 11 is 0. The van der Waals surface area contributed by atoms with Gasteiger partial charge >= 0.3 is 12.1 Å². The average Bonchev–Trinajstić information content (AvgIpc) is 2.83. The lowest BCUT2D eigenvalue weighted by atomic mass is 9.79. The summed E-state index contributed by atoms with van der Waals surface area (Å²) in [6.07, 6.45) is 2.65. The number of halogens is 3. The van der Waals surface area contributed by atoms with Crippen molar-refractivity contribution < 1.29 is 36.3 Å². The van der Waals surface area contributed by atoms with E-state index in [0.29, 0.717) is 26.1 Å². The summed E-state index contributed by atoms with van der Waals surface area (Å²) in [4.78, 5) is 27.8. The van der Waals surface area contributed by atoms with Gasteiger partial charge in [-0.2, -0.15) is 13.2 Å². The Kier molecular flexibility index (Phi) is 7.45. The molecule has 2 saturated heterocycles. The number of hydrogen-bond donors (Lipinski definition) is 1. The van der Waals surface area contributed by atoms with Gasteiger partial charge in [0.2, 0.25) is 15.9 Å². The summed E-state index contributed by atoms with van der Waals surface area (Å²) in [5.41, 5.74) is 0.658. The van der Waals surface area contributed by atoms with Crippen molar-refractivity contribution in [3.05, 3.63) is 30.1 Å². The number of carboxylic acid groups (broad SMARTS) is 1. The second-order valence-electron chi connectivity index (χ2n) is 7.44. The smallest absolute Gasteiger partial charge is 0.475 e. The van der Waals surface area contributed by atoms with Crippen molar-refractivity contribution >= 4 is 21.9 Å². The number of aromatic nitrogens is 1. The summed E-state index contributed by atoms with van der Waals surface area (Å²) < 4.78 is 56.8. The monoisotopic (exact) mass is 451 g/mol. The molecule has 0 aliphatic carbocycles. The molecule has 2 fully saturated rings. The van der Waals surface area contributed by atoms with Gasteiger partial charge in [0.15, 0.2) is 0 Å². The van der Waals surface area contributed by atoms with Crippen LogP contribution in [0.1, 0.15) is 31.2 Å².